The van der Waals surface area contributed by atoms with Crippen molar-refractivity contribution in [2.24, 2.45) is 5.92 Å². The summed E-state index contributed by atoms with van der Waals surface area (Å²) < 4.78 is 7.09. The minimum absolute atomic E-state index is 0.0440. The van der Waals surface area contributed by atoms with Crippen LogP contribution in [0.1, 0.15) is 64.7 Å². The van der Waals surface area contributed by atoms with Gasteiger partial charge in [0.05, 0.1) is 16.2 Å². The van der Waals surface area contributed by atoms with Gasteiger partial charge in [0, 0.05) is 31.5 Å². The summed E-state index contributed by atoms with van der Waals surface area (Å²) in [4.78, 5) is 28.0. The van der Waals surface area contributed by atoms with Gasteiger partial charge in [0.25, 0.3) is 0 Å². The normalized spacial score (nSPS) is 21.8. The fourth-order valence-electron chi connectivity index (χ4n) is 4.49. The van der Waals surface area contributed by atoms with Crippen molar-refractivity contribution in [3.8, 4) is 5.75 Å². The van der Waals surface area contributed by atoms with E-state index in [9.17, 15) is 14.7 Å². The van der Waals surface area contributed by atoms with Crippen LogP contribution in [0.3, 0.4) is 0 Å². The Morgan fingerprint density at radius 2 is 1.91 bits per heavy atom. The number of unbranched alkanes of at least 4 members (excludes halogenated alkanes) is 4. The van der Waals surface area contributed by atoms with Gasteiger partial charge in [-0.3, -0.25) is 9.59 Å². The molecule has 0 bridgehead atoms. The fourth-order valence-corrected chi connectivity index (χ4v) is 5.01. The third-order valence-corrected chi connectivity index (χ3v) is 7.57. The van der Waals surface area contributed by atoms with Crippen LogP contribution in [0.15, 0.2) is 35.9 Å². The minimum Gasteiger partial charge on any atom is -0.482 e. The van der Waals surface area contributed by atoms with Crippen LogP contribution in [-0.2, 0) is 9.59 Å². The molecule has 0 radical (unpaired) electrons. The number of nitrogens with one attached hydrogen (secondary N) is 1. The Hall–Kier alpha value is -1.65. The Balaban J connectivity index is 1.80. The highest BCUT2D eigenvalue weighted by molar-refractivity contribution is 14.1. The van der Waals surface area contributed by atoms with Crippen LogP contribution >= 0.6 is 22.6 Å². The number of carbonyl (C=O) groups is 2. The number of aliphatic hydroxyl groups excluding tert-OH is 2. The van der Waals surface area contributed by atoms with E-state index < -0.39 is 18.2 Å². The molecule has 194 valence electrons. The van der Waals surface area contributed by atoms with Crippen LogP contribution in [0, 0.1) is 9.49 Å². The zero-order chi connectivity index (χ0) is 25.2. The van der Waals surface area contributed by atoms with Crippen LogP contribution in [0.25, 0.3) is 0 Å². The lowest BCUT2D eigenvalue weighted by atomic mass is 9.87. The highest BCUT2D eigenvalue weighted by Gasteiger charge is 2.42. The molecule has 3 atom stereocenters. The first kappa shape index (κ1) is 27.9. The van der Waals surface area contributed by atoms with Gasteiger partial charge in [0.15, 0.2) is 0 Å². The maximum Gasteiger partial charge on any atom is 0.247 e. The maximum absolute atomic E-state index is 13.4. The monoisotopic (exact) mass is 598 g/mol. The quantitative estimate of drug-likeness (QED) is 0.224. The SMILES string of the molecule is CCCCCCCC(=O)N(CC1CC1)[C@@H]1CC(C(=O)NCCO)=C[C@H](Oc2ccccc2I)[C@H]1O. The summed E-state index contributed by atoms with van der Waals surface area (Å²) in [6.45, 7) is 2.77. The molecule has 1 aromatic rings. The second-order valence-electron chi connectivity index (χ2n) is 9.60. The van der Waals surface area contributed by atoms with Crippen LogP contribution in [-0.4, -0.2) is 64.9 Å². The van der Waals surface area contributed by atoms with E-state index in [2.05, 4.69) is 34.8 Å². The van der Waals surface area contributed by atoms with Crippen LogP contribution in [0.2, 0.25) is 0 Å². The third kappa shape index (κ3) is 8.46. The Morgan fingerprint density at radius 1 is 1.17 bits per heavy atom. The van der Waals surface area contributed by atoms with E-state index in [4.69, 9.17) is 9.84 Å². The molecular formula is C27H39IN2O5. The average molecular weight is 599 g/mol. The van der Waals surface area contributed by atoms with Crippen molar-refractivity contribution >= 4 is 34.4 Å². The number of rotatable bonds is 14. The number of halogens is 1. The first-order valence-electron chi connectivity index (χ1n) is 12.9. The van der Waals surface area contributed by atoms with Crippen molar-refractivity contribution in [3.63, 3.8) is 0 Å². The van der Waals surface area contributed by atoms with Crippen LogP contribution in [0.5, 0.6) is 5.75 Å². The van der Waals surface area contributed by atoms with Gasteiger partial charge < -0.3 is 25.2 Å². The fraction of sp³-hybridized carbons (Fsp3) is 0.630. The van der Waals surface area contributed by atoms with Crippen molar-refractivity contribution < 1.29 is 24.5 Å². The molecule has 0 aliphatic heterocycles. The molecule has 2 amide bonds. The molecule has 0 spiro atoms. The number of hydrogen-bond acceptors (Lipinski definition) is 5. The van der Waals surface area contributed by atoms with Gasteiger partial charge in [-0.2, -0.15) is 0 Å². The summed E-state index contributed by atoms with van der Waals surface area (Å²) in [5.41, 5.74) is 0.473. The van der Waals surface area contributed by atoms with Crippen molar-refractivity contribution in [1.82, 2.24) is 10.2 Å². The summed E-state index contributed by atoms with van der Waals surface area (Å²) >= 11 is 2.18. The highest BCUT2D eigenvalue weighted by Crippen LogP contribution is 2.34. The topological polar surface area (TPSA) is 99.1 Å². The van der Waals surface area contributed by atoms with E-state index in [0.717, 1.165) is 42.1 Å². The first-order chi connectivity index (χ1) is 16.9. The molecule has 0 saturated heterocycles. The van der Waals surface area contributed by atoms with Crippen LogP contribution < -0.4 is 10.1 Å². The van der Waals surface area contributed by atoms with Crippen molar-refractivity contribution in [3.05, 3.63) is 39.5 Å². The smallest absolute Gasteiger partial charge is 0.247 e. The number of aliphatic hydroxyl groups is 2. The summed E-state index contributed by atoms with van der Waals surface area (Å²) in [5, 5.41) is 23.3. The number of para-hydroxylation sites is 1. The first-order valence-corrected chi connectivity index (χ1v) is 14.0. The summed E-state index contributed by atoms with van der Waals surface area (Å²) in [7, 11) is 0. The number of carbonyl (C=O) groups excluding carboxylic acids is 2. The molecule has 7 nitrogen and oxygen atoms in total. The molecule has 8 heteroatoms. The van der Waals surface area contributed by atoms with E-state index in [0.29, 0.717) is 30.2 Å². The molecule has 2 aliphatic rings. The van der Waals surface area contributed by atoms with Crippen LogP contribution in [0.4, 0.5) is 0 Å². The van der Waals surface area contributed by atoms with Gasteiger partial charge in [-0.05, 0) is 66.0 Å². The second-order valence-corrected chi connectivity index (χ2v) is 10.8. The predicted octanol–water partition coefficient (Wildman–Crippen LogP) is 3.81. The Labute approximate surface area is 222 Å². The minimum atomic E-state index is -0.955. The van der Waals surface area contributed by atoms with E-state index in [1.165, 1.54) is 6.42 Å². The maximum atomic E-state index is 13.4. The highest BCUT2D eigenvalue weighted by atomic mass is 127. The van der Waals surface area contributed by atoms with Crippen molar-refractivity contribution in [2.75, 3.05) is 19.7 Å². The lowest BCUT2D eigenvalue weighted by Gasteiger charge is -2.40. The van der Waals surface area contributed by atoms with E-state index in [1.54, 1.807) is 6.08 Å². The van der Waals surface area contributed by atoms with E-state index >= 15 is 0 Å². The van der Waals surface area contributed by atoms with Crippen molar-refractivity contribution in [1.29, 1.82) is 0 Å². The number of amides is 2. The zero-order valence-electron chi connectivity index (χ0n) is 20.6. The summed E-state index contributed by atoms with van der Waals surface area (Å²) in [6, 6.07) is 6.99. The largest absolute Gasteiger partial charge is 0.482 e. The number of benzene rings is 1. The Kier molecular flexibility index (Phi) is 11.3. The average Bonchev–Trinajstić information content (AvgIpc) is 3.68. The molecule has 0 heterocycles. The Bertz CT molecular complexity index is 873. The molecule has 3 rings (SSSR count). The summed E-state index contributed by atoms with van der Waals surface area (Å²) in [6.07, 6.45) is 8.17. The molecule has 35 heavy (non-hydrogen) atoms. The third-order valence-electron chi connectivity index (χ3n) is 6.68. The lowest BCUT2D eigenvalue weighted by molar-refractivity contribution is -0.139. The number of ether oxygens (including phenoxy) is 1. The predicted molar refractivity (Wildman–Crippen MR) is 144 cm³/mol. The molecule has 1 aromatic carbocycles. The van der Waals surface area contributed by atoms with Gasteiger partial charge in [-0.15, -0.1) is 0 Å². The van der Waals surface area contributed by atoms with E-state index in [-0.39, 0.29) is 31.4 Å². The zero-order valence-corrected chi connectivity index (χ0v) is 22.8. The standard InChI is InChI=1S/C27H39IN2O5/c1-2-3-4-5-6-11-25(32)30(18-19-12-13-19)22-16-20(27(34)29-14-15-31)17-24(26(22)33)35-23-10-8-7-9-21(23)28/h7-10,17,19,22,24,26,31,33H,2-6,11-16,18H2,1H3,(H,29,34)/t22-,24+,26+/m1/s1. The Morgan fingerprint density at radius 3 is 2.60 bits per heavy atom. The lowest BCUT2D eigenvalue weighted by Crippen LogP contribution is -2.55. The summed E-state index contributed by atoms with van der Waals surface area (Å²) in [5.74, 6) is 0.826. The molecule has 1 fully saturated rings. The van der Waals surface area contributed by atoms with Gasteiger partial charge in [0.2, 0.25) is 11.8 Å². The second kappa shape index (κ2) is 14.2. The number of nitrogens with zero attached hydrogens (tertiary/aromatic N) is 1. The number of hydrogen-bond donors (Lipinski definition) is 3. The molecular weight excluding hydrogens is 559 g/mol. The van der Waals surface area contributed by atoms with Gasteiger partial charge in [-0.25, -0.2) is 0 Å². The molecule has 1 saturated carbocycles. The molecule has 0 aromatic heterocycles. The molecule has 2 aliphatic carbocycles. The van der Waals surface area contributed by atoms with E-state index in [1.807, 2.05) is 29.2 Å². The van der Waals surface area contributed by atoms with Gasteiger partial charge >= 0.3 is 0 Å². The van der Waals surface area contributed by atoms with Crippen molar-refractivity contribution in [2.45, 2.75) is 83.0 Å². The van der Waals surface area contributed by atoms with Gasteiger partial charge in [-0.1, -0.05) is 44.7 Å². The molecule has 0 unspecified atom stereocenters. The van der Waals surface area contributed by atoms with Gasteiger partial charge in [0.1, 0.15) is 18.0 Å². The molecule has 3 N–H and O–H groups in total.